The highest BCUT2D eigenvalue weighted by Crippen LogP contribution is 2.30. The van der Waals surface area contributed by atoms with Gasteiger partial charge in [-0.3, -0.25) is 4.79 Å². The summed E-state index contributed by atoms with van der Waals surface area (Å²) in [6.07, 6.45) is 6.47. The number of rotatable bonds is 4. The Bertz CT molecular complexity index is 461. The third-order valence-corrected chi connectivity index (χ3v) is 5.36. The van der Waals surface area contributed by atoms with Crippen LogP contribution in [0, 0.1) is 25.7 Å². The van der Waals surface area contributed by atoms with E-state index in [9.17, 15) is 4.79 Å². The summed E-state index contributed by atoms with van der Waals surface area (Å²) in [5.41, 5.74) is 0.858. The smallest absolute Gasteiger partial charge is 0.263 e. The molecule has 1 aromatic heterocycles. The molecule has 1 amide bonds. The Kier molecular flexibility index (Phi) is 5.19. The first-order valence-corrected chi connectivity index (χ1v) is 8.55. The van der Waals surface area contributed by atoms with E-state index in [4.69, 9.17) is 0 Å². The van der Waals surface area contributed by atoms with E-state index >= 15 is 0 Å². The fourth-order valence-electron chi connectivity index (χ4n) is 3.28. The van der Waals surface area contributed by atoms with Gasteiger partial charge in [-0.2, -0.15) is 0 Å². The number of nitrogens with zero attached hydrogens (tertiary/aromatic N) is 1. The minimum absolute atomic E-state index is 0.0670. The summed E-state index contributed by atoms with van der Waals surface area (Å²) in [5.74, 6) is 1.19. The molecule has 112 valence electrons. The fraction of sp³-hybridized carbons (Fsp3) is 0.750. The van der Waals surface area contributed by atoms with Crippen LogP contribution in [0.2, 0.25) is 0 Å². The first kappa shape index (κ1) is 15.5. The van der Waals surface area contributed by atoms with E-state index in [0.29, 0.717) is 17.9 Å². The molecular formula is C16H26N2OS. The Morgan fingerprint density at radius 2 is 1.90 bits per heavy atom. The predicted molar refractivity (Wildman–Crippen MR) is 84.3 cm³/mol. The van der Waals surface area contributed by atoms with Crippen molar-refractivity contribution in [2.75, 3.05) is 0 Å². The Labute approximate surface area is 126 Å². The zero-order chi connectivity index (χ0) is 14.7. The van der Waals surface area contributed by atoms with Crippen molar-refractivity contribution in [3.8, 4) is 0 Å². The van der Waals surface area contributed by atoms with Crippen LogP contribution in [0.4, 0.5) is 0 Å². The molecule has 1 saturated carbocycles. The highest BCUT2D eigenvalue weighted by Gasteiger charge is 2.28. The SMILES string of the molecule is Cc1nc(C)c(C(=O)NC(C(C)C)C2CCCCC2)s1. The number of nitrogens with one attached hydrogen (secondary N) is 1. The normalized spacial score (nSPS) is 18.2. The zero-order valence-electron chi connectivity index (χ0n) is 13.0. The summed E-state index contributed by atoms with van der Waals surface area (Å²) >= 11 is 1.50. The van der Waals surface area contributed by atoms with E-state index < -0.39 is 0 Å². The van der Waals surface area contributed by atoms with E-state index in [0.717, 1.165) is 15.6 Å². The largest absolute Gasteiger partial charge is 0.348 e. The van der Waals surface area contributed by atoms with Gasteiger partial charge < -0.3 is 5.32 Å². The number of carbonyl (C=O) groups excluding carboxylic acids is 1. The van der Waals surface area contributed by atoms with Gasteiger partial charge in [0.15, 0.2) is 0 Å². The number of amides is 1. The van der Waals surface area contributed by atoms with Crippen LogP contribution in [0.3, 0.4) is 0 Å². The molecule has 20 heavy (non-hydrogen) atoms. The molecule has 0 saturated heterocycles. The molecule has 0 spiro atoms. The van der Waals surface area contributed by atoms with Crippen LogP contribution >= 0.6 is 11.3 Å². The first-order valence-electron chi connectivity index (χ1n) is 7.74. The molecule has 1 heterocycles. The lowest BCUT2D eigenvalue weighted by atomic mass is 9.79. The van der Waals surface area contributed by atoms with Gasteiger partial charge in [-0.15, -0.1) is 11.3 Å². The summed E-state index contributed by atoms with van der Waals surface area (Å²) in [5, 5.41) is 4.25. The minimum atomic E-state index is 0.0670. The molecule has 1 aliphatic carbocycles. The number of carbonyl (C=O) groups is 1. The van der Waals surface area contributed by atoms with Crippen LogP contribution < -0.4 is 5.32 Å². The Morgan fingerprint density at radius 3 is 2.40 bits per heavy atom. The lowest BCUT2D eigenvalue weighted by Gasteiger charge is -2.33. The highest BCUT2D eigenvalue weighted by molar-refractivity contribution is 7.13. The Balaban J connectivity index is 2.07. The van der Waals surface area contributed by atoms with E-state index in [2.05, 4.69) is 24.1 Å². The molecule has 1 unspecified atom stereocenters. The molecule has 0 aromatic carbocycles. The molecule has 0 bridgehead atoms. The number of hydrogen-bond donors (Lipinski definition) is 1. The minimum Gasteiger partial charge on any atom is -0.348 e. The van der Waals surface area contributed by atoms with Crippen LogP contribution in [-0.4, -0.2) is 16.9 Å². The zero-order valence-corrected chi connectivity index (χ0v) is 13.8. The molecule has 0 radical (unpaired) electrons. The second-order valence-electron chi connectivity index (χ2n) is 6.29. The van der Waals surface area contributed by atoms with Gasteiger partial charge >= 0.3 is 0 Å². The van der Waals surface area contributed by atoms with Crippen LogP contribution in [0.15, 0.2) is 0 Å². The molecule has 0 aliphatic heterocycles. The van der Waals surface area contributed by atoms with Crippen molar-refractivity contribution in [1.29, 1.82) is 0 Å². The van der Waals surface area contributed by atoms with Gasteiger partial charge in [-0.25, -0.2) is 4.98 Å². The molecule has 1 aliphatic rings. The van der Waals surface area contributed by atoms with E-state index in [1.165, 1.54) is 43.4 Å². The second-order valence-corrected chi connectivity index (χ2v) is 7.49. The summed E-state index contributed by atoms with van der Waals surface area (Å²) in [6.45, 7) is 8.30. The number of aryl methyl sites for hydroxylation is 2. The quantitative estimate of drug-likeness (QED) is 0.908. The molecule has 3 nitrogen and oxygen atoms in total. The van der Waals surface area contributed by atoms with Gasteiger partial charge in [0.25, 0.3) is 5.91 Å². The molecular weight excluding hydrogens is 268 g/mol. The summed E-state index contributed by atoms with van der Waals surface area (Å²) in [4.78, 5) is 17.6. The fourth-order valence-corrected chi connectivity index (χ4v) is 4.10. The second kappa shape index (κ2) is 6.70. The summed E-state index contributed by atoms with van der Waals surface area (Å²) < 4.78 is 0. The first-order chi connectivity index (χ1) is 9.49. The van der Waals surface area contributed by atoms with Crippen molar-refractivity contribution < 1.29 is 4.79 Å². The molecule has 1 aromatic rings. The van der Waals surface area contributed by atoms with Gasteiger partial charge in [-0.05, 0) is 38.5 Å². The maximum Gasteiger partial charge on any atom is 0.263 e. The number of aromatic nitrogens is 1. The Morgan fingerprint density at radius 1 is 1.25 bits per heavy atom. The average Bonchev–Trinajstić information content (AvgIpc) is 2.75. The molecule has 1 atom stereocenters. The van der Waals surface area contributed by atoms with E-state index in [1.54, 1.807) is 0 Å². The summed E-state index contributed by atoms with van der Waals surface area (Å²) in [7, 11) is 0. The van der Waals surface area contributed by atoms with E-state index in [1.807, 2.05) is 13.8 Å². The average molecular weight is 294 g/mol. The van der Waals surface area contributed by atoms with Crippen molar-refractivity contribution in [2.24, 2.45) is 11.8 Å². The van der Waals surface area contributed by atoms with Gasteiger partial charge in [0, 0.05) is 6.04 Å². The van der Waals surface area contributed by atoms with Crippen molar-refractivity contribution in [3.05, 3.63) is 15.6 Å². The molecule has 1 fully saturated rings. The third kappa shape index (κ3) is 3.60. The predicted octanol–water partition coefficient (Wildman–Crippen LogP) is 4.09. The topological polar surface area (TPSA) is 42.0 Å². The van der Waals surface area contributed by atoms with Crippen LogP contribution in [0.1, 0.15) is 66.3 Å². The number of thiazole rings is 1. The Hall–Kier alpha value is -0.900. The van der Waals surface area contributed by atoms with Gasteiger partial charge in [0.2, 0.25) is 0 Å². The standard InChI is InChI=1S/C16H26N2OS/c1-10(2)14(13-8-6-5-7-9-13)18-16(19)15-11(3)17-12(4)20-15/h10,13-14H,5-9H2,1-4H3,(H,18,19). The van der Waals surface area contributed by atoms with Gasteiger partial charge in [0.05, 0.1) is 10.7 Å². The van der Waals surface area contributed by atoms with Crippen LogP contribution in [-0.2, 0) is 0 Å². The van der Waals surface area contributed by atoms with Gasteiger partial charge in [-0.1, -0.05) is 33.1 Å². The van der Waals surface area contributed by atoms with Crippen LogP contribution in [0.5, 0.6) is 0 Å². The highest BCUT2D eigenvalue weighted by atomic mass is 32.1. The van der Waals surface area contributed by atoms with Crippen molar-refractivity contribution >= 4 is 17.2 Å². The lowest BCUT2D eigenvalue weighted by molar-refractivity contribution is 0.0894. The van der Waals surface area contributed by atoms with Gasteiger partial charge in [0.1, 0.15) is 4.88 Å². The maximum absolute atomic E-state index is 12.5. The number of hydrogen-bond acceptors (Lipinski definition) is 3. The third-order valence-electron chi connectivity index (χ3n) is 4.28. The maximum atomic E-state index is 12.5. The van der Waals surface area contributed by atoms with E-state index in [-0.39, 0.29) is 5.91 Å². The van der Waals surface area contributed by atoms with Crippen molar-refractivity contribution in [2.45, 2.75) is 65.8 Å². The monoisotopic (exact) mass is 294 g/mol. The lowest BCUT2D eigenvalue weighted by Crippen LogP contribution is -2.44. The van der Waals surface area contributed by atoms with Crippen molar-refractivity contribution in [1.82, 2.24) is 10.3 Å². The molecule has 2 rings (SSSR count). The molecule has 4 heteroatoms. The summed E-state index contributed by atoms with van der Waals surface area (Å²) in [6, 6.07) is 0.296. The molecule has 1 N–H and O–H groups in total. The van der Waals surface area contributed by atoms with Crippen LogP contribution in [0.25, 0.3) is 0 Å². The van der Waals surface area contributed by atoms with Crippen molar-refractivity contribution in [3.63, 3.8) is 0 Å².